The molecule has 4 heteroatoms. The molecule has 0 amide bonds. The van der Waals surface area contributed by atoms with Gasteiger partial charge in [0.25, 0.3) is 0 Å². The van der Waals surface area contributed by atoms with Gasteiger partial charge in [-0.3, -0.25) is 9.80 Å². The van der Waals surface area contributed by atoms with E-state index in [1.54, 1.807) is 0 Å². The van der Waals surface area contributed by atoms with Crippen molar-refractivity contribution in [1.29, 1.82) is 0 Å². The Morgan fingerprint density at radius 1 is 1.19 bits per heavy atom. The lowest BCUT2D eigenvalue weighted by atomic mass is 9.99. The summed E-state index contributed by atoms with van der Waals surface area (Å²) in [5, 5.41) is 0. The maximum absolute atomic E-state index is 6.39. The lowest BCUT2D eigenvalue weighted by molar-refractivity contribution is 0.0296. The molecular formula is C17H31N3O. The SMILES string of the molecule is CCC(N)C(c1ccc(C)o1)N1CCN(C(C)(C)C)CC1. The summed E-state index contributed by atoms with van der Waals surface area (Å²) in [5.41, 5.74) is 6.64. The Bertz CT molecular complexity index is 441. The van der Waals surface area contributed by atoms with Crippen molar-refractivity contribution < 1.29 is 4.42 Å². The fraction of sp³-hybridized carbons (Fsp3) is 0.765. The van der Waals surface area contributed by atoms with E-state index in [1.807, 2.05) is 13.0 Å². The van der Waals surface area contributed by atoms with Gasteiger partial charge in [-0.15, -0.1) is 0 Å². The summed E-state index contributed by atoms with van der Waals surface area (Å²) < 4.78 is 5.88. The molecule has 2 N–H and O–H groups in total. The molecule has 0 spiro atoms. The second kappa shape index (κ2) is 6.51. The Labute approximate surface area is 129 Å². The highest BCUT2D eigenvalue weighted by Gasteiger charge is 2.33. The molecule has 1 saturated heterocycles. The Kier molecular flexibility index (Phi) is 5.12. The van der Waals surface area contributed by atoms with Crippen molar-refractivity contribution in [3.05, 3.63) is 23.7 Å². The largest absolute Gasteiger partial charge is 0.465 e. The average Bonchev–Trinajstić information content (AvgIpc) is 2.84. The average molecular weight is 293 g/mol. The van der Waals surface area contributed by atoms with Gasteiger partial charge in [-0.25, -0.2) is 0 Å². The van der Waals surface area contributed by atoms with E-state index in [-0.39, 0.29) is 17.6 Å². The highest BCUT2D eigenvalue weighted by Crippen LogP contribution is 2.29. The summed E-state index contributed by atoms with van der Waals surface area (Å²) in [6.45, 7) is 15.3. The van der Waals surface area contributed by atoms with Gasteiger partial charge in [0.15, 0.2) is 0 Å². The predicted octanol–water partition coefficient (Wildman–Crippen LogP) is 2.78. The minimum absolute atomic E-state index is 0.122. The molecule has 0 saturated carbocycles. The molecule has 1 aromatic rings. The van der Waals surface area contributed by atoms with Gasteiger partial charge in [-0.1, -0.05) is 6.92 Å². The van der Waals surface area contributed by atoms with E-state index in [2.05, 4.69) is 43.6 Å². The molecule has 1 aromatic heterocycles. The molecule has 1 aliphatic rings. The zero-order valence-corrected chi connectivity index (χ0v) is 14.2. The van der Waals surface area contributed by atoms with Crippen molar-refractivity contribution in [3.63, 3.8) is 0 Å². The fourth-order valence-corrected chi connectivity index (χ4v) is 3.17. The lowest BCUT2D eigenvalue weighted by Crippen LogP contribution is -2.55. The zero-order chi connectivity index (χ0) is 15.6. The molecule has 120 valence electrons. The molecule has 1 aliphatic heterocycles. The first-order chi connectivity index (χ1) is 9.82. The number of rotatable bonds is 4. The van der Waals surface area contributed by atoms with Gasteiger partial charge in [0.1, 0.15) is 11.5 Å². The van der Waals surface area contributed by atoms with Crippen LogP contribution in [0.25, 0.3) is 0 Å². The van der Waals surface area contributed by atoms with E-state index >= 15 is 0 Å². The van der Waals surface area contributed by atoms with E-state index in [4.69, 9.17) is 10.2 Å². The first-order valence-electron chi connectivity index (χ1n) is 8.14. The predicted molar refractivity (Wildman–Crippen MR) is 87.4 cm³/mol. The molecule has 2 rings (SSSR count). The van der Waals surface area contributed by atoms with Crippen LogP contribution in [0.2, 0.25) is 0 Å². The Hall–Kier alpha value is -0.840. The summed E-state index contributed by atoms with van der Waals surface area (Å²) in [6, 6.07) is 4.45. The van der Waals surface area contributed by atoms with Gasteiger partial charge in [0, 0.05) is 37.8 Å². The van der Waals surface area contributed by atoms with Crippen LogP contribution in [0.5, 0.6) is 0 Å². The van der Waals surface area contributed by atoms with Crippen molar-refractivity contribution in [2.45, 2.75) is 58.7 Å². The molecule has 2 unspecified atom stereocenters. The third kappa shape index (κ3) is 3.87. The smallest absolute Gasteiger partial charge is 0.122 e. The van der Waals surface area contributed by atoms with Gasteiger partial charge >= 0.3 is 0 Å². The number of nitrogens with two attached hydrogens (primary N) is 1. The van der Waals surface area contributed by atoms with Crippen LogP contribution in [0.1, 0.15) is 51.7 Å². The monoisotopic (exact) mass is 293 g/mol. The van der Waals surface area contributed by atoms with Crippen LogP contribution in [0.3, 0.4) is 0 Å². The van der Waals surface area contributed by atoms with E-state index in [9.17, 15) is 0 Å². The third-order valence-electron chi connectivity index (χ3n) is 4.59. The normalized spacial score (nSPS) is 21.4. The van der Waals surface area contributed by atoms with Crippen molar-refractivity contribution in [2.24, 2.45) is 5.73 Å². The molecule has 0 radical (unpaired) electrons. The number of hydrogen-bond acceptors (Lipinski definition) is 4. The Morgan fingerprint density at radius 2 is 1.81 bits per heavy atom. The maximum Gasteiger partial charge on any atom is 0.122 e. The second-order valence-electron chi connectivity index (χ2n) is 7.16. The van der Waals surface area contributed by atoms with Crippen LogP contribution in [0.4, 0.5) is 0 Å². The fourth-order valence-electron chi connectivity index (χ4n) is 3.17. The summed E-state index contributed by atoms with van der Waals surface area (Å²) in [7, 11) is 0. The quantitative estimate of drug-likeness (QED) is 0.927. The Morgan fingerprint density at radius 3 is 2.24 bits per heavy atom. The molecule has 2 heterocycles. The van der Waals surface area contributed by atoms with Crippen LogP contribution in [0, 0.1) is 6.92 Å². The van der Waals surface area contributed by atoms with Gasteiger partial charge in [0.05, 0.1) is 6.04 Å². The summed E-state index contributed by atoms with van der Waals surface area (Å²) in [6.07, 6.45) is 0.962. The van der Waals surface area contributed by atoms with Gasteiger partial charge in [-0.2, -0.15) is 0 Å². The number of hydrogen-bond donors (Lipinski definition) is 1. The minimum atomic E-state index is 0.122. The van der Waals surface area contributed by atoms with Crippen molar-refractivity contribution in [2.75, 3.05) is 26.2 Å². The van der Waals surface area contributed by atoms with Gasteiger partial charge < -0.3 is 10.2 Å². The second-order valence-corrected chi connectivity index (χ2v) is 7.16. The Balaban J connectivity index is 2.09. The highest BCUT2D eigenvalue weighted by atomic mass is 16.3. The maximum atomic E-state index is 6.39. The van der Waals surface area contributed by atoms with Crippen molar-refractivity contribution in [3.8, 4) is 0 Å². The van der Waals surface area contributed by atoms with Crippen molar-refractivity contribution >= 4 is 0 Å². The van der Waals surface area contributed by atoms with E-state index in [0.717, 1.165) is 44.1 Å². The van der Waals surface area contributed by atoms with Crippen LogP contribution < -0.4 is 5.73 Å². The van der Waals surface area contributed by atoms with Crippen LogP contribution in [-0.4, -0.2) is 47.6 Å². The highest BCUT2D eigenvalue weighted by molar-refractivity contribution is 5.12. The van der Waals surface area contributed by atoms with Crippen LogP contribution in [0.15, 0.2) is 16.5 Å². The van der Waals surface area contributed by atoms with Gasteiger partial charge in [-0.05, 0) is 46.2 Å². The molecular weight excluding hydrogens is 262 g/mol. The first kappa shape index (κ1) is 16.5. The van der Waals surface area contributed by atoms with Crippen LogP contribution >= 0.6 is 0 Å². The third-order valence-corrected chi connectivity index (χ3v) is 4.59. The number of nitrogens with zero attached hydrogens (tertiary/aromatic N) is 2. The first-order valence-corrected chi connectivity index (χ1v) is 8.14. The summed E-state index contributed by atoms with van der Waals surface area (Å²) >= 11 is 0. The lowest BCUT2D eigenvalue weighted by Gasteiger charge is -2.45. The van der Waals surface area contributed by atoms with E-state index in [0.29, 0.717) is 0 Å². The van der Waals surface area contributed by atoms with E-state index < -0.39 is 0 Å². The summed E-state index contributed by atoms with van der Waals surface area (Å²) in [4.78, 5) is 5.04. The standard InChI is InChI=1S/C17H31N3O/c1-6-14(18)16(15-8-7-13(2)21-15)19-9-11-20(12-10-19)17(3,4)5/h7-8,14,16H,6,9-12,18H2,1-5H3. The van der Waals surface area contributed by atoms with Crippen molar-refractivity contribution in [1.82, 2.24) is 9.80 Å². The van der Waals surface area contributed by atoms with E-state index in [1.165, 1.54) is 0 Å². The molecule has 0 aliphatic carbocycles. The van der Waals surface area contributed by atoms with Gasteiger partial charge in [0.2, 0.25) is 0 Å². The van der Waals surface area contributed by atoms with Crippen LogP contribution in [-0.2, 0) is 0 Å². The topological polar surface area (TPSA) is 45.6 Å². The molecule has 21 heavy (non-hydrogen) atoms. The molecule has 1 fully saturated rings. The molecule has 2 atom stereocenters. The molecule has 0 bridgehead atoms. The minimum Gasteiger partial charge on any atom is -0.465 e. The molecule has 0 aromatic carbocycles. The summed E-state index contributed by atoms with van der Waals surface area (Å²) in [5.74, 6) is 1.98. The number of furan rings is 1. The zero-order valence-electron chi connectivity index (χ0n) is 14.2. The number of aryl methyl sites for hydroxylation is 1. The number of piperazine rings is 1. The molecule has 4 nitrogen and oxygen atoms in total.